The quantitative estimate of drug-likeness (QED) is 0.799. The summed E-state index contributed by atoms with van der Waals surface area (Å²) in [6.07, 6.45) is 0. The van der Waals surface area contributed by atoms with E-state index >= 15 is 0 Å². The van der Waals surface area contributed by atoms with Gasteiger partial charge in [0.15, 0.2) is 5.13 Å². The van der Waals surface area contributed by atoms with E-state index in [2.05, 4.69) is 15.0 Å². The minimum Gasteiger partial charge on any atom is -0.495 e. The monoisotopic (exact) mass is 383 g/mol. The Kier molecular flexibility index (Phi) is 5.81. The van der Waals surface area contributed by atoms with Crippen LogP contribution in [-0.4, -0.2) is 32.5 Å². The van der Waals surface area contributed by atoms with Crippen LogP contribution in [0.3, 0.4) is 0 Å². The fraction of sp³-hybridized carbons (Fsp3) is 0.375. The van der Waals surface area contributed by atoms with Crippen molar-refractivity contribution in [3.05, 3.63) is 23.9 Å². The van der Waals surface area contributed by atoms with E-state index in [9.17, 15) is 13.2 Å². The fourth-order valence-electron chi connectivity index (χ4n) is 2.27. The van der Waals surface area contributed by atoms with Crippen LogP contribution in [-0.2, 0) is 14.8 Å². The number of benzene rings is 1. The van der Waals surface area contributed by atoms with E-state index in [1.54, 1.807) is 32.0 Å². The van der Waals surface area contributed by atoms with Crippen molar-refractivity contribution in [2.24, 2.45) is 0 Å². The maximum absolute atomic E-state index is 12.6. The Morgan fingerprint density at radius 2 is 2.00 bits per heavy atom. The molecule has 0 fully saturated rings. The third kappa shape index (κ3) is 4.56. The molecule has 0 aliphatic rings. The fourth-order valence-corrected chi connectivity index (χ4v) is 4.72. The number of hydrogen-bond acceptors (Lipinski definition) is 6. The predicted molar refractivity (Wildman–Crippen MR) is 98.6 cm³/mol. The predicted octanol–water partition coefficient (Wildman–Crippen LogP) is 2.77. The second kappa shape index (κ2) is 7.51. The number of thiazole rings is 1. The van der Waals surface area contributed by atoms with Gasteiger partial charge in [0.05, 0.1) is 17.7 Å². The Morgan fingerprint density at radius 3 is 2.56 bits per heavy atom. The van der Waals surface area contributed by atoms with Gasteiger partial charge in [-0.2, -0.15) is 0 Å². The molecule has 0 saturated heterocycles. The molecule has 2 aromatic rings. The van der Waals surface area contributed by atoms with E-state index in [1.165, 1.54) is 25.4 Å². The highest BCUT2D eigenvalue weighted by molar-refractivity contribution is 7.89. The summed E-state index contributed by atoms with van der Waals surface area (Å²) < 4.78 is 32.9. The van der Waals surface area contributed by atoms with E-state index in [0.717, 1.165) is 4.88 Å². The van der Waals surface area contributed by atoms with Crippen LogP contribution < -0.4 is 14.8 Å². The Labute approximate surface area is 151 Å². The lowest BCUT2D eigenvalue weighted by molar-refractivity contribution is -0.114. The zero-order valence-corrected chi connectivity index (χ0v) is 16.3. The summed E-state index contributed by atoms with van der Waals surface area (Å²) in [5.74, 6) is 0.0561. The summed E-state index contributed by atoms with van der Waals surface area (Å²) in [6.45, 7) is 6.72. The summed E-state index contributed by atoms with van der Waals surface area (Å²) >= 11 is 1.29. The minimum atomic E-state index is -3.72. The van der Waals surface area contributed by atoms with Gasteiger partial charge >= 0.3 is 0 Å². The maximum atomic E-state index is 12.6. The number of nitrogens with zero attached hydrogens (tertiary/aromatic N) is 1. The normalized spacial score (nSPS) is 11.6. The average molecular weight is 383 g/mol. The van der Waals surface area contributed by atoms with E-state index in [4.69, 9.17) is 4.74 Å². The number of amides is 1. The number of aromatic nitrogens is 1. The molecule has 1 amide bonds. The van der Waals surface area contributed by atoms with Crippen molar-refractivity contribution in [3.8, 4) is 16.2 Å². The largest absolute Gasteiger partial charge is 0.495 e. The van der Waals surface area contributed by atoms with Gasteiger partial charge in [-0.3, -0.25) is 4.79 Å². The summed E-state index contributed by atoms with van der Waals surface area (Å²) in [6, 6.07) is 4.70. The molecular weight excluding hydrogens is 362 g/mol. The highest BCUT2D eigenvalue weighted by atomic mass is 32.2. The molecule has 0 radical (unpaired) electrons. The first-order valence-electron chi connectivity index (χ1n) is 7.59. The standard InChI is InChI=1S/C16H21N3O4S2/c1-9(2)19-25(21,22)14-8-12(6-7-13(14)23-5)15-10(3)17-16(24-15)18-11(4)20/h6-9,19H,1-5H3,(H,17,18,20). The van der Waals surface area contributed by atoms with E-state index in [0.29, 0.717) is 16.4 Å². The summed E-state index contributed by atoms with van der Waals surface area (Å²) in [7, 11) is -2.29. The summed E-state index contributed by atoms with van der Waals surface area (Å²) in [4.78, 5) is 16.3. The lowest BCUT2D eigenvalue weighted by Crippen LogP contribution is -2.30. The zero-order valence-electron chi connectivity index (χ0n) is 14.7. The van der Waals surface area contributed by atoms with Crippen LogP contribution in [0.15, 0.2) is 23.1 Å². The summed E-state index contributed by atoms with van der Waals surface area (Å²) in [5, 5.41) is 3.12. The van der Waals surface area contributed by atoms with Crippen LogP contribution in [0.4, 0.5) is 5.13 Å². The molecule has 7 nitrogen and oxygen atoms in total. The zero-order chi connectivity index (χ0) is 18.8. The smallest absolute Gasteiger partial charge is 0.244 e. The number of carbonyl (C=O) groups is 1. The number of carbonyl (C=O) groups excluding carboxylic acids is 1. The van der Waals surface area contributed by atoms with E-state index in [1.807, 2.05) is 6.92 Å². The molecular formula is C16H21N3O4S2. The summed E-state index contributed by atoms with van der Waals surface area (Å²) in [5.41, 5.74) is 1.40. The third-order valence-electron chi connectivity index (χ3n) is 3.19. The molecule has 0 saturated carbocycles. The van der Waals surface area contributed by atoms with Gasteiger partial charge in [-0.1, -0.05) is 11.3 Å². The Bertz CT molecular complexity index is 889. The number of ether oxygens (including phenoxy) is 1. The SMILES string of the molecule is COc1ccc(-c2sc(NC(C)=O)nc2C)cc1S(=O)(=O)NC(C)C. The molecule has 2 N–H and O–H groups in total. The molecule has 25 heavy (non-hydrogen) atoms. The number of sulfonamides is 1. The van der Waals surface area contributed by atoms with Crippen LogP contribution in [0.5, 0.6) is 5.75 Å². The van der Waals surface area contributed by atoms with E-state index < -0.39 is 10.0 Å². The van der Waals surface area contributed by atoms with Gasteiger partial charge in [-0.05, 0) is 44.5 Å². The minimum absolute atomic E-state index is 0.0649. The first kappa shape index (κ1) is 19.4. The van der Waals surface area contributed by atoms with Crippen LogP contribution >= 0.6 is 11.3 Å². The van der Waals surface area contributed by atoms with Crippen molar-refractivity contribution in [1.82, 2.24) is 9.71 Å². The van der Waals surface area contributed by atoms with Crippen LogP contribution in [0.1, 0.15) is 26.5 Å². The number of aryl methyl sites for hydroxylation is 1. The Hall–Kier alpha value is -1.97. The van der Waals surface area contributed by atoms with Gasteiger partial charge < -0.3 is 10.1 Å². The molecule has 0 atom stereocenters. The number of rotatable bonds is 6. The molecule has 136 valence electrons. The van der Waals surface area contributed by atoms with Crippen molar-refractivity contribution in [1.29, 1.82) is 0 Å². The highest BCUT2D eigenvalue weighted by Gasteiger charge is 2.22. The lowest BCUT2D eigenvalue weighted by atomic mass is 10.1. The van der Waals surface area contributed by atoms with Crippen molar-refractivity contribution in [2.75, 3.05) is 12.4 Å². The lowest BCUT2D eigenvalue weighted by Gasteiger charge is -2.14. The first-order valence-corrected chi connectivity index (χ1v) is 9.89. The van der Waals surface area contributed by atoms with Crippen molar-refractivity contribution < 1.29 is 17.9 Å². The molecule has 0 unspecified atom stereocenters. The van der Waals surface area contributed by atoms with Crippen molar-refractivity contribution >= 4 is 32.4 Å². The average Bonchev–Trinajstić information content (AvgIpc) is 2.85. The van der Waals surface area contributed by atoms with Gasteiger partial charge in [-0.25, -0.2) is 18.1 Å². The molecule has 0 aliphatic carbocycles. The Morgan fingerprint density at radius 1 is 1.32 bits per heavy atom. The van der Waals surface area contributed by atoms with E-state index in [-0.39, 0.29) is 22.6 Å². The van der Waals surface area contributed by atoms with Crippen molar-refractivity contribution in [2.45, 2.75) is 38.6 Å². The number of methoxy groups -OCH3 is 1. The first-order chi connectivity index (χ1) is 11.6. The topological polar surface area (TPSA) is 97.4 Å². The van der Waals surface area contributed by atoms with Gasteiger partial charge in [0.25, 0.3) is 0 Å². The number of nitrogens with one attached hydrogen (secondary N) is 2. The second-order valence-corrected chi connectivity index (χ2v) is 8.44. The van der Waals surface area contributed by atoms with Crippen LogP contribution in [0.2, 0.25) is 0 Å². The van der Waals surface area contributed by atoms with Gasteiger partial charge in [0.2, 0.25) is 15.9 Å². The van der Waals surface area contributed by atoms with Crippen LogP contribution in [0, 0.1) is 6.92 Å². The van der Waals surface area contributed by atoms with Gasteiger partial charge in [-0.15, -0.1) is 0 Å². The molecule has 2 rings (SSSR count). The van der Waals surface area contributed by atoms with Gasteiger partial charge in [0.1, 0.15) is 10.6 Å². The molecule has 0 spiro atoms. The molecule has 1 aromatic heterocycles. The number of hydrogen-bond donors (Lipinski definition) is 2. The van der Waals surface area contributed by atoms with Gasteiger partial charge in [0, 0.05) is 13.0 Å². The molecule has 0 aliphatic heterocycles. The molecule has 1 aromatic carbocycles. The third-order valence-corrected chi connectivity index (χ3v) is 5.99. The second-order valence-electron chi connectivity index (χ2n) is 5.76. The Balaban J connectivity index is 2.53. The van der Waals surface area contributed by atoms with Crippen molar-refractivity contribution in [3.63, 3.8) is 0 Å². The molecule has 9 heteroatoms. The maximum Gasteiger partial charge on any atom is 0.244 e. The highest BCUT2D eigenvalue weighted by Crippen LogP contribution is 2.36. The van der Waals surface area contributed by atoms with Crippen LogP contribution in [0.25, 0.3) is 10.4 Å². The molecule has 1 heterocycles. The molecule has 0 bridgehead atoms. The number of anilines is 1.